The molecular weight excluding hydrogens is 165 g/mol. The maximum Gasteiger partial charge on any atom is 0.572 e. The van der Waals surface area contributed by atoms with Crippen molar-refractivity contribution in [2.24, 2.45) is 0 Å². The fourth-order valence-corrected chi connectivity index (χ4v) is 1.05. The monoisotopic (exact) mass is 173 g/mol. The third kappa shape index (κ3) is 4.00. The summed E-state index contributed by atoms with van der Waals surface area (Å²) in [7, 11) is 0. The molecule has 5 heteroatoms. The van der Waals surface area contributed by atoms with Gasteiger partial charge in [0, 0.05) is 0 Å². The smallest absolute Gasteiger partial charge is 0.572 e. The molecule has 0 rings (SSSR count). The summed E-state index contributed by atoms with van der Waals surface area (Å²) in [4.78, 5) is 0. The second-order valence-corrected chi connectivity index (χ2v) is 3.26. The summed E-state index contributed by atoms with van der Waals surface area (Å²) in [5.41, 5.74) is -4.55. The van der Waals surface area contributed by atoms with Gasteiger partial charge in [0.1, 0.15) is 5.75 Å². The second kappa shape index (κ2) is 4.08. The Labute approximate surface area is 60.8 Å². The van der Waals surface area contributed by atoms with Gasteiger partial charge in [0.15, 0.2) is 0 Å². The Morgan fingerprint density at radius 1 is 1.40 bits per heavy atom. The highest BCUT2D eigenvalue weighted by Crippen LogP contribution is 2.24. The van der Waals surface area contributed by atoms with Crippen molar-refractivity contribution in [2.75, 3.05) is 5.75 Å². The van der Waals surface area contributed by atoms with Crippen LogP contribution in [0.25, 0.3) is 0 Å². The van der Waals surface area contributed by atoms with Crippen molar-refractivity contribution in [3.8, 4) is 0 Å². The lowest BCUT2D eigenvalue weighted by molar-refractivity contribution is -0.0434. The predicted octanol–water partition coefficient (Wildman–Crippen LogP) is 1.87. The SMILES string of the molecule is [CH2]CCC[S+]([O-])C(F)(F)F. The van der Waals surface area contributed by atoms with Crippen molar-refractivity contribution in [1.29, 1.82) is 0 Å². The molecule has 0 amide bonds. The third-order valence-electron chi connectivity index (χ3n) is 0.838. The van der Waals surface area contributed by atoms with E-state index in [2.05, 4.69) is 6.92 Å². The van der Waals surface area contributed by atoms with E-state index >= 15 is 0 Å². The first kappa shape index (κ1) is 10.1. The minimum atomic E-state index is -4.55. The van der Waals surface area contributed by atoms with Crippen molar-refractivity contribution in [1.82, 2.24) is 0 Å². The van der Waals surface area contributed by atoms with Crippen LogP contribution in [0.1, 0.15) is 12.8 Å². The molecule has 0 aromatic heterocycles. The van der Waals surface area contributed by atoms with Gasteiger partial charge in [0.05, 0.1) is 11.2 Å². The highest BCUT2D eigenvalue weighted by atomic mass is 32.2. The van der Waals surface area contributed by atoms with Gasteiger partial charge in [-0.3, -0.25) is 0 Å². The summed E-state index contributed by atoms with van der Waals surface area (Å²) < 4.78 is 44.5. The number of unbranched alkanes of at least 4 members (excludes halogenated alkanes) is 1. The molecule has 1 radical (unpaired) electrons. The standard InChI is InChI=1S/C5H8F3OS/c1-2-3-4-10(9)5(6,7)8/h1-4H2. The van der Waals surface area contributed by atoms with E-state index < -0.39 is 16.7 Å². The highest BCUT2D eigenvalue weighted by Gasteiger charge is 2.43. The summed E-state index contributed by atoms with van der Waals surface area (Å²) in [5.74, 6) is -0.326. The molecule has 0 heterocycles. The van der Waals surface area contributed by atoms with E-state index in [-0.39, 0.29) is 12.2 Å². The number of halogens is 3. The molecule has 0 aliphatic heterocycles. The Bertz CT molecular complexity index is 93.4. The zero-order chi connectivity index (χ0) is 8.20. The molecule has 0 saturated carbocycles. The van der Waals surface area contributed by atoms with Gasteiger partial charge < -0.3 is 4.55 Å². The van der Waals surface area contributed by atoms with E-state index in [9.17, 15) is 17.7 Å². The van der Waals surface area contributed by atoms with Crippen molar-refractivity contribution in [3.63, 3.8) is 0 Å². The van der Waals surface area contributed by atoms with E-state index in [0.717, 1.165) is 0 Å². The van der Waals surface area contributed by atoms with Gasteiger partial charge in [-0.15, -0.1) is 13.2 Å². The lowest BCUT2D eigenvalue weighted by atomic mass is 10.4. The first-order chi connectivity index (χ1) is 4.48. The fraction of sp³-hybridized carbons (Fsp3) is 0.800. The normalized spacial score (nSPS) is 15.3. The van der Waals surface area contributed by atoms with Crippen LogP contribution in [-0.4, -0.2) is 15.8 Å². The van der Waals surface area contributed by atoms with Crippen LogP contribution < -0.4 is 0 Å². The number of hydrogen-bond donors (Lipinski definition) is 0. The molecule has 0 aliphatic carbocycles. The van der Waals surface area contributed by atoms with Crippen molar-refractivity contribution in [3.05, 3.63) is 6.92 Å². The average Bonchev–Trinajstić information content (AvgIpc) is 1.80. The fourth-order valence-electron chi connectivity index (χ4n) is 0.349. The molecule has 0 aromatic rings. The lowest BCUT2D eigenvalue weighted by Gasteiger charge is -2.11. The van der Waals surface area contributed by atoms with Crippen LogP contribution in [0.5, 0.6) is 0 Å². The van der Waals surface area contributed by atoms with Gasteiger partial charge in [-0.25, -0.2) is 0 Å². The topological polar surface area (TPSA) is 23.1 Å². The highest BCUT2D eigenvalue weighted by molar-refractivity contribution is 7.92. The number of alkyl halides is 3. The molecule has 0 bridgehead atoms. The Balaban J connectivity index is 3.52. The minimum absolute atomic E-state index is 0.256. The van der Waals surface area contributed by atoms with Gasteiger partial charge in [-0.1, -0.05) is 6.92 Å². The molecule has 1 atom stereocenters. The summed E-state index contributed by atoms with van der Waals surface area (Å²) >= 11 is -2.68. The van der Waals surface area contributed by atoms with Crippen molar-refractivity contribution in [2.45, 2.75) is 18.3 Å². The van der Waals surface area contributed by atoms with Crippen molar-refractivity contribution < 1.29 is 17.7 Å². The Morgan fingerprint density at radius 3 is 2.20 bits per heavy atom. The molecule has 1 unspecified atom stereocenters. The van der Waals surface area contributed by atoms with Gasteiger partial charge in [0.25, 0.3) is 0 Å². The number of hydrogen-bond acceptors (Lipinski definition) is 1. The summed E-state index contributed by atoms with van der Waals surface area (Å²) in [5, 5.41) is 0. The maximum atomic E-state index is 11.5. The van der Waals surface area contributed by atoms with E-state index in [1.165, 1.54) is 0 Å². The van der Waals surface area contributed by atoms with Crippen LogP contribution in [0.15, 0.2) is 0 Å². The first-order valence-corrected chi connectivity index (χ1v) is 4.05. The van der Waals surface area contributed by atoms with Gasteiger partial charge in [-0.05, 0) is 12.8 Å². The van der Waals surface area contributed by atoms with Crippen LogP contribution in [0, 0.1) is 6.92 Å². The van der Waals surface area contributed by atoms with Gasteiger partial charge >= 0.3 is 5.51 Å². The quantitative estimate of drug-likeness (QED) is 0.597. The zero-order valence-electron chi connectivity index (χ0n) is 5.28. The lowest BCUT2D eigenvalue weighted by Crippen LogP contribution is -2.25. The largest absolute Gasteiger partial charge is 0.609 e. The summed E-state index contributed by atoms with van der Waals surface area (Å²) in [6, 6.07) is 0. The van der Waals surface area contributed by atoms with Gasteiger partial charge in [-0.2, -0.15) is 0 Å². The maximum absolute atomic E-state index is 11.5. The van der Waals surface area contributed by atoms with E-state index in [1.807, 2.05) is 0 Å². The molecular formula is C5H8F3OS. The van der Waals surface area contributed by atoms with E-state index in [4.69, 9.17) is 0 Å². The first-order valence-electron chi connectivity index (χ1n) is 2.73. The molecule has 10 heavy (non-hydrogen) atoms. The Morgan fingerprint density at radius 2 is 1.90 bits per heavy atom. The molecule has 0 spiro atoms. The van der Waals surface area contributed by atoms with E-state index in [0.29, 0.717) is 6.42 Å². The van der Waals surface area contributed by atoms with Crippen LogP contribution in [-0.2, 0) is 11.2 Å². The minimum Gasteiger partial charge on any atom is -0.609 e. The molecule has 0 aliphatic rings. The van der Waals surface area contributed by atoms with Crippen LogP contribution >= 0.6 is 0 Å². The molecule has 61 valence electrons. The number of rotatable bonds is 3. The van der Waals surface area contributed by atoms with Crippen LogP contribution in [0.3, 0.4) is 0 Å². The molecule has 0 fully saturated rings. The molecule has 0 N–H and O–H groups in total. The molecule has 1 nitrogen and oxygen atoms in total. The predicted molar refractivity (Wildman–Crippen MR) is 33.7 cm³/mol. The Hall–Kier alpha value is 0.100. The summed E-state index contributed by atoms with van der Waals surface area (Å²) in [6.07, 6.45) is 0.647. The van der Waals surface area contributed by atoms with Crippen LogP contribution in [0.4, 0.5) is 13.2 Å². The molecule has 0 aromatic carbocycles. The van der Waals surface area contributed by atoms with Crippen LogP contribution in [0.2, 0.25) is 0 Å². The molecule has 0 saturated heterocycles. The summed E-state index contributed by atoms with van der Waals surface area (Å²) in [6.45, 7) is 3.34. The Kier molecular flexibility index (Phi) is 4.12. The van der Waals surface area contributed by atoms with Crippen molar-refractivity contribution >= 4 is 11.2 Å². The third-order valence-corrected chi connectivity index (χ3v) is 2.01. The van der Waals surface area contributed by atoms with E-state index in [1.54, 1.807) is 0 Å². The zero-order valence-corrected chi connectivity index (χ0v) is 6.10. The average molecular weight is 173 g/mol. The van der Waals surface area contributed by atoms with Gasteiger partial charge in [0.2, 0.25) is 0 Å². The second-order valence-electron chi connectivity index (χ2n) is 1.70.